The van der Waals surface area contributed by atoms with Gasteiger partial charge in [-0.3, -0.25) is 0 Å². The number of aryl methyl sites for hydroxylation is 1. The highest BCUT2D eigenvalue weighted by Crippen LogP contribution is 2.42. The van der Waals surface area contributed by atoms with E-state index in [9.17, 15) is 0 Å². The molecular formula is C15H12Br2Cl2O. The molecule has 0 fully saturated rings. The van der Waals surface area contributed by atoms with Crippen LogP contribution in [0.25, 0.3) is 0 Å². The van der Waals surface area contributed by atoms with Gasteiger partial charge in [-0.05, 0) is 58.2 Å². The predicted octanol–water partition coefficient (Wildman–Crippen LogP) is 6.56. The van der Waals surface area contributed by atoms with Gasteiger partial charge in [0.15, 0.2) is 0 Å². The highest BCUT2D eigenvalue weighted by molar-refractivity contribution is 9.10. The second-order valence-electron chi connectivity index (χ2n) is 4.43. The van der Waals surface area contributed by atoms with Gasteiger partial charge in [0, 0.05) is 15.6 Å². The van der Waals surface area contributed by atoms with Crippen molar-refractivity contribution in [3.8, 4) is 5.75 Å². The number of alkyl halides is 1. The highest BCUT2D eigenvalue weighted by Gasteiger charge is 2.19. The molecule has 0 aliphatic rings. The van der Waals surface area contributed by atoms with Gasteiger partial charge in [-0.1, -0.05) is 45.2 Å². The Labute approximate surface area is 145 Å². The highest BCUT2D eigenvalue weighted by atomic mass is 79.9. The maximum Gasteiger partial charge on any atom is 0.137 e. The summed E-state index contributed by atoms with van der Waals surface area (Å²) < 4.78 is 6.29. The molecule has 0 aromatic heterocycles. The van der Waals surface area contributed by atoms with Crippen LogP contribution in [0.15, 0.2) is 34.8 Å². The van der Waals surface area contributed by atoms with Crippen LogP contribution in [0.1, 0.15) is 21.5 Å². The van der Waals surface area contributed by atoms with E-state index in [-0.39, 0.29) is 4.83 Å². The molecule has 0 amide bonds. The van der Waals surface area contributed by atoms with Crippen LogP contribution in [0.4, 0.5) is 0 Å². The van der Waals surface area contributed by atoms with E-state index < -0.39 is 0 Å². The van der Waals surface area contributed by atoms with Gasteiger partial charge < -0.3 is 4.74 Å². The lowest BCUT2D eigenvalue weighted by molar-refractivity contribution is 0.408. The van der Waals surface area contributed by atoms with E-state index in [1.165, 1.54) is 0 Å². The molecule has 1 unspecified atom stereocenters. The Morgan fingerprint density at radius 3 is 2.30 bits per heavy atom. The molecule has 0 radical (unpaired) electrons. The lowest BCUT2D eigenvalue weighted by Gasteiger charge is -2.17. The minimum atomic E-state index is -0.0511. The number of hydrogen-bond acceptors (Lipinski definition) is 1. The second kappa shape index (κ2) is 6.69. The summed E-state index contributed by atoms with van der Waals surface area (Å²) in [7, 11) is 1.64. The number of halogens is 4. The topological polar surface area (TPSA) is 9.23 Å². The fourth-order valence-corrected chi connectivity index (χ4v) is 3.97. The summed E-state index contributed by atoms with van der Waals surface area (Å²) in [6.07, 6.45) is 0. The van der Waals surface area contributed by atoms with Gasteiger partial charge >= 0.3 is 0 Å². The Bertz CT molecular complexity index is 624. The zero-order chi connectivity index (χ0) is 14.9. The number of ether oxygens (including phenoxy) is 1. The number of rotatable bonds is 3. The summed E-state index contributed by atoms with van der Waals surface area (Å²) in [5.41, 5.74) is 3.12. The van der Waals surface area contributed by atoms with Crippen molar-refractivity contribution < 1.29 is 4.74 Å². The molecular weight excluding hydrogens is 427 g/mol. The molecule has 20 heavy (non-hydrogen) atoms. The Hall–Kier alpha value is -0.220. The molecule has 0 aliphatic carbocycles. The summed E-state index contributed by atoms with van der Waals surface area (Å²) in [6.45, 7) is 2.01. The second-order valence-corrected chi connectivity index (χ2v) is 7.08. The van der Waals surface area contributed by atoms with Crippen LogP contribution in [-0.2, 0) is 0 Å². The normalized spacial score (nSPS) is 12.3. The number of hydrogen-bond donors (Lipinski definition) is 0. The maximum absolute atomic E-state index is 6.14. The molecule has 0 saturated carbocycles. The molecule has 2 aromatic carbocycles. The SMILES string of the molecule is COc1c(Br)cc(Cl)cc1C(Br)c1cc(C)cc(Cl)c1. The molecule has 5 heteroatoms. The van der Waals surface area contributed by atoms with Crippen molar-refractivity contribution in [2.24, 2.45) is 0 Å². The Morgan fingerprint density at radius 2 is 1.70 bits per heavy atom. The first-order valence-electron chi connectivity index (χ1n) is 5.86. The van der Waals surface area contributed by atoms with Gasteiger partial charge in [-0.25, -0.2) is 0 Å². The minimum Gasteiger partial charge on any atom is -0.495 e. The van der Waals surface area contributed by atoms with Crippen LogP contribution >= 0.6 is 55.1 Å². The molecule has 0 N–H and O–H groups in total. The molecule has 2 aromatic rings. The third-order valence-corrected chi connectivity index (χ3v) is 4.92. The predicted molar refractivity (Wildman–Crippen MR) is 92.7 cm³/mol. The van der Waals surface area contributed by atoms with Crippen molar-refractivity contribution in [2.45, 2.75) is 11.8 Å². The first kappa shape index (κ1) is 16.2. The monoisotopic (exact) mass is 436 g/mol. The number of benzene rings is 2. The third-order valence-electron chi connectivity index (χ3n) is 2.87. The van der Waals surface area contributed by atoms with Crippen molar-refractivity contribution in [2.75, 3.05) is 7.11 Å². The summed E-state index contributed by atoms with van der Waals surface area (Å²) in [4.78, 5) is -0.0511. The van der Waals surface area contributed by atoms with E-state index in [1.54, 1.807) is 7.11 Å². The standard InChI is InChI=1S/C15H12Br2Cl2O/c1-8-3-9(5-10(18)4-8)14(17)12-6-11(19)7-13(16)15(12)20-2/h3-7,14H,1-2H3. The minimum absolute atomic E-state index is 0.0511. The van der Waals surface area contributed by atoms with E-state index in [1.807, 2.05) is 31.2 Å². The maximum atomic E-state index is 6.14. The van der Waals surface area contributed by atoms with Crippen molar-refractivity contribution in [3.63, 3.8) is 0 Å². The summed E-state index contributed by atoms with van der Waals surface area (Å²) in [5.74, 6) is 0.758. The quantitative estimate of drug-likeness (QED) is 0.493. The average molecular weight is 439 g/mol. The van der Waals surface area contributed by atoms with Crippen LogP contribution in [0.2, 0.25) is 10.0 Å². The molecule has 0 aliphatic heterocycles. The average Bonchev–Trinajstić information content (AvgIpc) is 2.35. The molecule has 2 rings (SSSR count). The Kier molecular flexibility index (Phi) is 5.41. The Balaban J connectivity index is 2.55. The fourth-order valence-electron chi connectivity index (χ4n) is 2.07. The van der Waals surface area contributed by atoms with E-state index in [0.29, 0.717) is 10.0 Å². The van der Waals surface area contributed by atoms with Crippen molar-refractivity contribution in [1.82, 2.24) is 0 Å². The van der Waals surface area contributed by atoms with Crippen LogP contribution in [0.3, 0.4) is 0 Å². The van der Waals surface area contributed by atoms with E-state index in [4.69, 9.17) is 27.9 Å². The third kappa shape index (κ3) is 3.51. The molecule has 0 spiro atoms. The van der Waals surface area contributed by atoms with E-state index >= 15 is 0 Å². The largest absolute Gasteiger partial charge is 0.495 e. The van der Waals surface area contributed by atoms with Gasteiger partial charge in [0.1, 0.15) is 5.75 Å². The lowest BCUT2D eigenvalue weighted by Crippen LogP contribution is -1.99. The van der Waals surface area contributed by atoms with Gasteiger partial charge in [0.05, 0.1) is 16.4 Å². The lowest BCUT2D eigenvalue weighted by atomic mass is 10.0. The summed E-state index contributed by atoms with van der Waals surface area (Å²) in [6, 6.07) is 9.64. The van der Waals surface area contributed by atoms with Crippen molar-refractivity contribution in [1.29, 1.82) is 0 Å². The molecule has 1 nitrogen and oxygen atoms in total. The molecule has 0 bridgehead atoms. The van der Waals surface area contributed by atoms with Gasteiger partial charge in [0.2, 0.25) is 0 Å². The van der Waals surface area contributed by atoms with E-state index in [2.05, 4.69) is 37.9 Å². The van der Waals surface area contributed by atoms with Crippen LogP contribution in [-0.4, -0.2) is 7.11 Å². The number of methoxy groups -OCH3 is 1. The van der Waals surface area contributed by atoms with Crippen LogP contribution < -0.4 is 4.74 Å². The zero-order valence-corrected chi connectivity index (χ0v) is 15.6. The first-order chi connectivity index (χ1) is 9.42. The first-order valence-corrected chi connectivity index (χ1v) is 8.33. The van der Waals surface area contributed by atoms with Crippen molar-refractivity contribution in [3.05, 3.63) is 61.5 Å². The van der Waals surface area contributed by atoms with Gasteiger partial charge in [-0.2, -0.15) is 0 Å². The van der Waals surface area contributed by atoms with Crippen LogP contribution in [0.5, 0.6) is 5.75 Å². The van der Waals surface area contributed by atoms with E-state index in [0.717, 1.165) is 26.9 Å². The summed E-state index contributed by atoms with van der Waals surface area (Å²) >= 11 is 19.4. The molecule has 106 valence electrons. The summed E-state index contributed by atoms with van der Waals surface area (Å²) in [5, 5.41) is 1.36. The van der Waals surface area contributed by atoms with Crippen LogP contribution in [0, 0.1) is 6.92 Å². The smallest absolute Gasteiger partial charge is 0.137 e. The molecule has 0 heterocycles. The van der Waals surface area contributed by atoms with Crippen molar-refractivity contribution >= 4 is 55.1 Å². The fraction of sp³-hybridized carbons (Fsp3) is 0.200. The molecule has 0 saturated heterocycles. The van der Waals surface area contributed by atoms with Gasteiger partial charge in [0.25, 0.3) is 0 Å². The molecule has 1 atom stereocenters. The van der Waals surface area contributed by atoms with Gasteiger partial charge in [-0.15, -0.1) is 0 Å². The zero-order valence-electron chi connectivity index (χ0n) is 10.9. The Morgan fingerprint density at radius 1 is 1.05 bits per heavy atom.